The van der Waals surface area contributed by atoms with Gasteiger partial charge in [0.2, 0.25) is 0 Å². The molecule has 1 aromatic carbocycles. The van der Waals surface area contributed by atoms with Gasteiger partial charge in [0.15, 0.2) is 5.78 Å². The molecular formula is C15H22FNO2. The normalized spacial score (nSPS) is 12.7. The second kappa shape index (κ2) is 8.02. The monoisotopic (exact) mass is 267 g/mol. The third-order valence-corrected chi connectivity index (χ3v) is 3.24. The number of halogens is 1. The van der Waals surface area contributed by atoms with Gasteiger partial charge in [0.1, 0.15) is 5.82 Å². The van der Waals surface area contributed by atoms with Crippen LogP contribution >= 0.6 is 0 Å². The number of ether oxygens (including phenoxy) is 1. The molecule has 4 heteroatoms. The molecule has 1 aromatic rings. The Hall–Kier alpha value is -1.26. The standard InChI is InChI=1S/C15H22FNO2/c1-12(11-19-3)17(2)10-4-5-15(18)13-6-8-14(16)9-7-13/h6-9,12H,4-5,10-11H2,1-3H3. The number of methoxy groups -OCH3 is 1. The van der Waals surface area contributed by atoms with E-state index in [1.165, 1.54) is 24.3 Å². The number of benzene rings is 1. The highest BCUT2D eigenvalue weighted by Gasteiger charge is 2.10. The molecule has 0 aliphatic carbocycles. The molecule has 1 atom stereocenters. The van der Waals surface area contributed by atoms with Gasteiger partial charge in [-0.1, -0.05) is 0 Å². The molecule has 0 aliphatic rings. The lowest BCUT2D eigenvalue weighted by molar-refractivity contribution is 0.0956. The fourth-order valence-electron chi connectivity index (χ4n) is 1.86. The van der Waals surface area contributed by atoms with Crippen LogP contribution in [-0.4, -0.2) is 44.0 Å². The van der Waals surface area contributed by atoms with E-state index in [1.807, 2.05) is 7.05 Å². The maximum Gasteiger partial charge on any atom is 0.162 e. The first-order valence-corrected chi connectivity index (χ1v) is 6.52. The van der Waals surface area contributed by atoms with Crippen LogP contribution < -0.4 is 0 Å². The number of Topliss-reactive ketones (excluding diaryl/α,β-unsaturated/α-hetero) is 1. The zero-order valence-corrected chi connectivity index (χ0v) is 11.9. The summed E-state index contributed by atoms with van der Waals surface area (Å²) in [5, 5.41) is 0. The van der Waals surface area contributed by atoms with Gasteiger partial charge in [-0.3, -0.25) is 4.79 Å². The maximum absolute atomic E-state index is 12.7. The van der Waals surface area contributed by atoms with Crippen molar-refractivity contribution in [3.05, 3.63) is 35.6 Å². The highest BCUT2D eigenvalue weighted by atomic mass is 19.1. The van der Waals surface area contributed by atoms with Crippen molar-refractivity contribution >= 4 is 5.78 Å². The summed E-state index contributed by atoms with van der Waals surface area (Å²) in [4.78, 5) is 14.0. The summed E-state index contributed by atoms with van der Waals surface area (Å²) in [5.74, 6) is -0.252. The number of hydrogen-bond donors (Lipinski definition) is 0. The van der Waals surface area contributed by atoms with Crippen LogP contribution in [0.25, 0.3) is 0 Å². The Kier molecular flexibility index (Phi) is 6.67. The Labute approximate surface area is 114 Å². The lowest BCUT2D eigenvalue weighted by atomic mass is 10.1. The average molecular weight is 267 g/mol. The summed E-state index contributed by atoms with van der Waals surface area (Å²) in [6.07, 6.45) is 1.27. The Morgan fingerprint density at radius 3 is 2.58 bits per heavy atom. The summed E-state index contributed by atoms with van der Waals surface area (Å²) in [6.45, 7) is 3.62. The molecule has 3 nitrogen and oxygen atoms in total. The third kappa shape index (κ3) is 5.49. The molecule has 0 bridgehead atoms. The number of carbonyl (C=O) groups is 1. The molecule has 0 radical (unpaired) electrons. The van der Waals surface area contributed by atoms with E-state index in [0.29, 0.717) is 24.6 Å². The third-order valence-electron chi connectivity index (χ3n) is 3.24. The number of rotatable bonds is 8. The van der Waals surface area contributed by atoms with Gasteiger partial charge in [0, 0.05) is 25.1 Å². The fourth-order valence-corrected chi connectivity index (χ4v) is 1.86. The van der Waals surface area contributed by atoms with E-state index >= 15 is 0 Å². The molecule has 0 aromatic heterocycles. The topological polar surface area (TPSA) is 29.5 Å². The van der Waals surface area contributed by atoms with Gasteiger partial charge in [-0.05, 0) is 51.2 Å². The van der Waals surface area contributed by atoms with E-state index in [1.54, 1.807) is 7.11 Å². The number of carbonyl (C=O) groups excluding carboxylic acids is 1. The summed E-state index contributed by atoms with van der Waals surface area (Å²) in [6, 6.07) is 6.05. The zero-order chi connectivity index (χ0) is 14.3. The zero-order valence-electron chi connectivity index (χ0n) is 11.9. The molecule has 1 rings (SSSR count). The van der Waals surface area contributed by atoms with Crippen LogP contribution in [0.1, 0.15) is 30.1 Å². The van der Waals surface area contributed by atoms with Crippen molar-refractivity contribution in [3.63, 3.8) is 0 Å². The highest BCUT2D eigenvalue weighted by molar-refractivity contribution is 5.95. The molecule has 106 valence electrons. The van der Waals surface area contributed by atoms with Gasteiger partial charge in [-0.25, -0.2) is 4.39 Å². The molecule has 0 spiro atoms. The largest absolute Gasteiger partial charge is 0.383 e. The van der Waals surface area contributed by atoms with Gasteiger partial charge < -0.3 is 9.64 Å². The van der Waals surface area contributed by atoms with Gasteiger partial charge in [0.05, 0.1) is 6.61 Å². The fraction of sp³-hybridized carbons (Fsp3) is 0.533. The number of nitrogens with zero attached hydrogens (tertiary/aromatic N) is 1. The second-order valence-corrected chi connectivity index (χ2v) is 4.82. The van der Waals surface area contributed by atoms with Crippen LogP contribution in [0.5, 0.6) is 0 Å². The van der Waals surface area contributed by atoms with Gasteiger partial charge >= 0.3 is 0 Å². The number of likely N-dealkylation sites (N-methyl/N-ethyl adjacent to an activating group) is 1. The molecule has 0 amide bonds. The van der Waals surface area contributed by atoms with Gasteiger partial charge in [0.25, 0.3) is 0 Å². The Balaban J connectivity index is 2.33. The van der Waals surface area contributed by atoms with E-state index in [0.717, 1.165) is 13.0 Å². The maximum atomic E-state index is 12.7. The van der Waals surface area contributed by atoms with Crippen molar-refractivity contribution in [3.8, 4) is 0 Å². The average Bonchev–Trinajstić information content (AvgIpc) is 2.39. The Morgan fingerprint density at radius 2 is 2.00 bits per heavy atom. The van der Waals surface area contributed by atoms with Crippen molar-refractivity contribution in [2.75, 3.05) is 27.3 Å². The predicted molar refractivity (Wildman–Crippen MR) is 73.9 cm³/mol. The summed E-state index contributed by atoms with van der Waals surface area (Å²) in [5.41, 5.74) is 0.578. The Bertz CT molecular complexity index is 392. The van der Waals surface area contributed by atoms with Crippen LogP contribution in [-0.2, 0) is 4.74 Å². The smallest absolute Gasteiger partial charge is 0.162 e. The van der Waals surface area contributed by atoms with Crippen molar-refractivity contribution in [2.24, 2.45) is 0 Å². The van der Waals surface area contributed by atoms with Gasteiger partial charge in [-0.2, -0.15) is 0 Å². The molecule has 0 saturated heterocycles. The van der Waals surface area contributed by atoms with Crippen LogP contribution in [0, 0.1) is 5.82 Å². The molecule has 0 N–H and O–H groups in total. The van der Waals surface area contributed by atoms with E-state index in [4.69, 9.17) is 4.74 Å². The lowest BCUT2D eigenvalue weighted by Crippen LogP contribution is -2.33. The second-order valence-electron chi connectivity index (χ2n) is 4.82. The minimum absolute atomic E-state index is 0.0628. The molecule has 0 saturated carbocycles. The quantitative estimate of drug-likeness (QED) is 0.678. The first-order chi connectivity index (χ1) is 9.04. The van der Waals surface area contributed by atoms with E-state index in [9.17, 15) is 9.18 Å². The molecule has 0 heterocycles. The van der Waals surface area contributed by atoms with E-state index in [2.05, 4.69) is 11.8 Å². The molecule has 19 heavy (non-hydrogen) atoms. The highest BCUT2D eigenvalue weighted by Crippen LogP contribution is 2.08. The summed E-state index contributed by atoms with van der Waals surface area (Å²) >= 11 is 0. The van der Waals surface area contributed by atoms with Gasteiger partial charge in [-0.15, -0.1) is 0 Å². The number of ketones is 1. The SMILES string of the molecule is COCC(C)N(C)CCCC(=O)c1ccc(F)cc1. The first kappa shape index (κ1) is 15.8. The lowest BCUT2D eigenvalue weighted by Gasteiger charge is -2.23. The minimum atomic E-state index is -0.315. The van der Waals surface area contributed by atoms with E-state index < -0.39 is 0 Å². The number of hydrogen-bond acceptors (Lipinski definition) is 3. The van der Waals surface area contributed by atoms with Crippen LogP contribution in [0.15, 0.2) is 24.3 Å². The summed E-state index contributed by atoms with van der Waals surface area (Å²) in [7, 11) is 3.70. The van der Waals surface area contributed by atoms with Crippen molar-refractivity contribution in [1.82, 2.24) is 4.90 Å². The molecular weight excluding hydrogens is 245 g/mol. The van der Waals surface area contributed by atoms with Crippen molar-refractivity contribution in [2.45, 2.75) is 25.8 Å². The Morgan fingerprint density at radius 1 is 1.37 bits per heavy atom. The molecule has 0 aliphatic heterocycles. The molecule has 1 unspecified atom stereocenters. The summed E-state index contributed by atoms with van der Waals surface area (Å²) < 4.78 is 17.8. The minimum Gasteiger partial charge on any atom is -0.383 e. The van der Waals surface area contributed by atoms with Crippen LogP contribution in [0.4, 0.5) is 4.39 Å². The van der Waals surface area contributed by atoms with Crippen LogP contribution in [0.2, 0.25) is 0 Å². The first-order valence-electron chi connectivity index (χ1n) is 6.52. The van der Waals surface area contributed by atoms with Crippen molar-refractivity contribution < 1.29 is 13.9 Å². The molecule has 0 fully saturated rings. The van der Waals surface area contributed by atoms with Crippen LogP contribution in [0.3, 0.4) is 0 Å². The van der Waals surface area contributed by atoms with E-state index in [-0.39, 0.29) is 11.6 Å². The van der Waals surface area contributed by atoms with Crippen molar-refractivity contribution in [1.29, 1.82) is 0 Å². The predicted octanol–water partition coefficient (Wildman–Crippen LogP) is 2.76.